The van der Waals surface area contributed by atoms with Gasteiger partial charge in [0.25, 0.3) is 5.91 Å². The fourth-order valence-electron chi connectivity index (χ4n) is 2.05. The summed E-state index contributed by atoms with van der Waals surface area (Å²) in [6, 6.07) is 3.07. The molecule has 1 N–H and O–H groups in total. The first-order valence-corrected chi connectivity index (χ1v) is 6.93. The fourth-order valence-corrected chi connectivity index (χ4v) is 2.27. The summed E-state index contributed by atoms with van der Waals surface area (Å²) >= 11 is 5.55. The molecule has 0 unspecified atom stereocenters. The van der Waals surface area contributed by atoms with E-state index < -0.39 is 22.7 Å². The summed E-state index contributed by atoms with van der Waals surface area (Å²) in [5, 5.41) is 12.9. The van der Waals surface area contributed by atoms with E-state index in [-0.39, 0.29) is 18.0 Å². The Hall–Kier alpha value is -2.16. The monoisotopic (exact) mass is 347 g/mol. The van der Waals surface area contributed by atoms with Crippen LogP contribution in [0.2, 0.25) is 5.02 Å². The number of amides is 1. The number of nitrogens with zero attached hydrogens (tertiary/aromatic N) is 4. The largest absolute Gasteiger partial charge is 0.417 e. The van der Waals surface area contributed by atoms with Crippen LogP contribution in [0, 0.1) is 0 Å². The Kier molecular flexibility index (Phi) is 4.88. The van der Waals surface area contributed by atoms with Crippen molar-refractivity contribution >= 4 is 17.5 Å². The van der Waals surface area contributed by atoms with Gasteiger partial charge in [0, 0.05) is 25.1 Å². The molecule has 0 spiro atoms. The highest BCUT2D eigenvalue weighted by molar-refractivity contribution is 6.31. The standard InChI is InChI=1S/C13H13ClF3N5O/c1-7(11-18-20-21-19-11)6-22(2)12(23)8-3-4-10(14)9(5-8)13(15,16)17/h3-5,7H,6H2,1-2H3,(H,18,19,20,21)/t7-/m1/s1. The van der Waals surface area contributed by atoms with Crippen LogP contribution >= 0.6 is 11.6 Å². The lowest BCUT2D eigenvalue weighted by Gasteiger charge is -2.20. The van der Waals surface area contributed by atoms with Gasteiger partial charge >= 0.3 is 6.18 Å². The van der Waals surface area contributed by atoms with Crippen molar-refractivity contribution in [1.82, 2.24) is 25.5 Å². The Morgan fingerprint density at radius 2 is 2.13 bits per heavy atom. The predicted octanol–water partition coefficient (Wildman–Crippen LogP) is 2.75. The SMILES string of the molecule is C[C@H](CN(C)C(=O)c1ccc(Cl)c(C(F)(F)F)c1)c1nn[nH]n1. The maximum Gasteiger partial charge on any atom is 0.417 e. The second-order valence-corrected chi connectivity index (χ2v) is 5.46. The first-order chi connectivity index (χ1) is 10.7. The number of likely N-dealkylation sites (N-methyl/N-ethyl adjacent to an activating group) is 1. The lowest BCUT2D eigenvalue weighted by molar-refractivity contribution is -0.137. The van der Waals surface area contributed by atoms with Crippen molar-refractivity contribution in [1.29, 1.82) is 0 Å². The number of hydrogen-bond acceptors (Lipinski definition) is 4. The second kappa shape index (κ2) is 6.53. The highest BCUT2D eigenvalue weighted by Gasteiger charge is 2.34. The third kappa shape index (κ3) is 3.98. The van der Waals surface area contributed by atoms with Gasteiger partial charge in [-0.15, -0.1) is 10.2 Å². The van der Waals surface area contributed by atoms with Crippen molar-refractivity contribution in [2.24, 2.45) is 0 Å². The number of nitrogens with one attached hydrogen (secondary N) is 1. The van der Waals surface area contributed by atoms with Gasteiger partial charge in [-0.25, -0.2) is 0 Å². The van der Waals surface area contributed by atoms with Gasteiger partial charge in [0.1, 0.15) is 0 Å². The minimum Gasteiger partial charge on any atom is -0.341 e. The van der Waals surface area contributed by atoms with Gasteiger partial charge in [-0.1, -0.05) is 23.7 Å². The third-order valence-corrected chi connectivity index (χ3v) is 3.55. The summed E-state index contributed by atoms with van der Waals surface area (Å²) < 4.78 is 38.6. The third-order valence-electron chi connectivity index (χ3n) is 3.22. The summed E-state index contributed by atoms with van der Waals surface area (Å²) in [5.74, 6) is -0.365. The zero-order valence-corrected chi connectivity index (χ0v) is 13.0. The zero-order chi connectivity index (χ0) is 17.2. The molecule has 0 saturated heterocycles. The molecule has 124 valence electrons. The summed E-state index contributed by atoms with van der Waals surface area (Å²) in [7, 11) is 1.49. The smallest absolute Gasteiger partial charge is 0.341 e. The number of H-pyrrole nitrogens is 1. The Morgan fingerprint density at radius 1 is 1.43 bits per heavy atom. The van der Waals surface area contributed by atoms with Gasteiger partial charge < -0.3 is 4.90 Å². The molecule has 10 heteroatoms. The van der Waals surface area contributed by atoms with Gasteiger partial charge in [-0.2, -0.15) is 18.4 Å². The van der Waals surface area contributed by atoms with E-state index in [0.29, 0.717) is 5.82 Å². The van der Waals surface area contributed by atoms with Crippen LogP contribution in [0.15, 0.2) is 18.2 Å². The van der Waals surface area contributed by atoms with Crippen LogP contribution in [0.3, 0.4) is 0 Å². The van der Waals surface area contributed by atoms with E-state index in [1.165, 1.54) is 18.0 Å². The molecule has 1 aromatic carbocycles. The van der Waals surface area contributed by atoms with Crippen molar-refractivity contribution in [2.75, 3.05) is 13.6 Å². The summed E-state index contributed by atoms with van der Waals surface area (Å²) in [5.41, 5.74) is -1.13. The molecular formula is C13H13ClF3N5O. The van der Waals surface area contributed by atoms with E-state index in [9.17, 15) is 18.0 Å². The molecular weight excluding hydrogens is 335 g/mol. The second-order valence-electron chi connectivity index (χ2n) is 5.05. The molecule has 0 bridgehead atoms. The van der Waals surface area contributed by atoms with E-state index in [0.717, 1.165) is 12.1 Å². The van der Waals surface area contributed by atoms with Crippen molar-refractivity contribution in [3.8, 4) is 0 Å². The van der Waals surface area contributed by atoms with Gasteiger partial charge in [0.2, 0.25) is 0 Å². The average molecular weight is 348 g/mol. The van der Waals surface area contributed by atoms with E-state index in [1.807, 2.05) is 0 Å². The number of tetrazole rings is 1. The molecule has 2 rings (SSSR count). The maximum atomic E-state index is 12.9. The Morgan fingerprint density at radius 3 is 2.70 bits per heavy atom. The highest BCUT2D eigenvalue weighted by Crippen LogP contribution is 2.35. The predicted molar refractivity (Wildman–Crippen MR) is 76.0 cm³/mol. The number of carbonyl (C=O) groups is 1. The normalized spacial score (nSPS) is 13.0. The lowest BCUT2D eigenvalue weighted by atomic mass is 10.1. The zero-order valence-electron chi connectivity index (χ0n) is 12.2. The van der Waals surface area contributed by atoms with Crippen LogP contribution in [0.1, 0.15) is 34.6 Å². The van der Waals surface area contributed by atoms with E-state index >= 15 is 0 Å². The van der Waals surface area contributed by atoms with Crippen molar-refractivity contribution in [3.63, 3.8) is 0 Å². The van der Waals surface area contributed by atoms with Crippen LogP contribution in [0.4, 0.5) is 13.2 Å². The number of aromatic nitrogens is 4. The number of rotatable bonds is 4. The van der Waals surface area contributed by atoms with Crippen molar-refractivity contribution in [2.45, 2.75) is 19.0 Å². The molecule has 1 atom stereocenters. The number of halogens is 4. The molecule has 0 aliphatic carbocycles. The maximum absolute atomic E-state index is 12.9. The number of hydrogen-bond donors (Lipinski definition) is 1. The molecule has 1 aromatic heterocycles. The van der Waals surface area contributed by atoms with E-state index in [1.54, 1.807) is 6.92 Å². The Bertz CT molecular complexity index is 689. The van der Waals surface area contributed by atoms with Gasteiger partial charge in [0.15, 0.2) is 5.82 Å². The minimum atomic E-state index is -4.62. The van der Waals surface area contributed by atoms with E-state index in [4.69, 9.17) is 11.6 Å². The summed E-state index contributed by atoms with van der Waals surface area (Å²) in [4.78, 5) is 13.6. The first-order valence-electron chi connectivity index (χ1n) is 6.55. The topological polar surface area (TPSA) is 74.8 Å². The van der Waals surface area contributed by atoms with Gasteiger partial charge in [-0.05, 0) is 18.2 Å². The van der Waals surface area contributed by atoms with E-state index in [2.05, 4.69) is 20.6 Å². The first kappa shape index (κ1) is 17.2. The van der Waals surface area contributed by atoms with Gasteiger partial charge in [-0.3, -0.25) is 4.79 Å². The summed E-state index contributed by atoms with van der Waals surface area (Å²) in [6.45, 7) is 2.00. The number of alkyl halides is 3. The average Bonchev–Trinajstić information content (AvgIpc) is 3.00. The quantitative estimate of drug-likeness (QED) is 0.922. The molecule has 6 nitrogen and oxygen atoms in total. The molecule has 1 amide bonds. The highest BCUT2D eigenvalue weighted by atomic mass is 35.5. The summed E-state index contributed by atoms with van der Waals surface area (Å²) in [6.07, 6.45) is -4.62. The molecule has 0 saturated carbocycles. The number of benzene rings is 1. The van der Waals surface area contributed by atoms with Crippen molar-refractivity contribution < 1.29 is 18.0 Å². The molecule has 23 heavy (non-hydrogen) atoms. The minimum absolute atomic E-state index is 0.0930. The lowest BCUT2D eigenvalue weighted by Crippen LogP contribution is -2.31. The van der Waals surface area contributed by atoms with Crippen LogP contribution in [-0.4, -0.2) is 45.0 Å². The van der Waals surface area contributed by atoms with Gasteiger partial charge in [0.05, 0.1) is 10.6 Å². The van der Waals surface area contributed by atoms with Crippen LogP contribution in [0.5, 0.6) is 0 Å². The van der Waals surface area contributed by atoms with Crippen LogP contribution in [-0.2, 0) is 6.18 Å². The fraction of sp³-hybridized carbons (Fsp3) is 0.385. The van der Waals surface area contributed by atoms with Crippen LogP contribution < -0.4 is 0 Å². The molecule has 1 heterocycles. The van der Waals surface area contributed by atoms with Crippen molar-refractivity contribution in [3.05, 3.63) is 40.2 Å². The molecule has 0 radical (unpaired) electrons. The number of aromatic amines is 1. The Balaban J connectivity index is 2.16. The van der Waals surface area contributed by atoms with Crippen LogP contribution in [0.25, 0.3) is 0 Å². The molecule has 0 fully saturated rings. The molecule has 0 aliphatic rings. The molecule has 2 aromatic rings. The Labute approximate surface area is 134 Å². The number of carbonyl (C=O) groups excluding carboxylic acids is 1. The molecule has 0 aliphatic heterocycles.